The molecule has 2 unspecified atom stereocenters. The molecule has 0 saturated heterocycles. The fraction of sp³-hybridized carbons (Fsp3) is 0.625. The van der Waals surface area contributed by atoms with E-state index >= 15 is 0 Å². The summed E-state index contributed by atoms with van der Waals surface area (Å²) in [6, 6.07) is 8.14. The second kappa shape index (κ2) is 8.01. The second-order valence-corrected chi connectivity index (χ2v) is 6.58. The third kappa shape index (κ3) is 5.08. The Labute approximate surface area is 129 Å². The van der Waals surface area contributed by atoms with Crippen LogP contribution in [0.1, 0.15) is 32.6 Å². The molecule has 1 saturated carbocycles. The molecule has 1 aliphatic rings. The van der Waals surface area contributed by atoms with Gasteiger partial charge in [0.05, 0.1) is 0 Å². The fourth-order valence-corrected chi connectivity index (χ4v) is 2.99. The van der Waals surface area contributed by atoms with Gasteiger partial charge in [-0.3, -0.25) is 0 Å². The Morgan fingerprint density at radius 2 is 1.95 bits per heavy atom. The highest BCUT2D eigenvalue weighted by molar-refractivity contribution is 9.10. The number of aliphatic hydroxyl groups excluding tert-OH is 1. The maximum Gasteiger partial charge on any atom is 0.119 e. The smallest absolute Gasteiger partial charge is 0.119 e. The van der Waals surface area contributed by atoms with Gasteiger partial charge in [0.25, 0.3) is 0 Å². The third-order valence-corrected chi connectivity index (χ3v) is 4.57. The van der Waals surface area contributed by atoms with Gasteiger partial charge in [0.2, 0.25) is 0 Å². The van der Waals surface area contributed by atoms with Crippen LogP contribution in [0.4, 0.5) is 0 Å². The molecule has 0 amide bonds. The average Bonchev–Trinajstić information content (AvgIpc) is 2.98. The van der Waals surface area contributed by atoms with Crippen LogP contribution >= 0.6 is 15.9 Å². The highest BCUT2D eigenvalue weighted by atomic mass is 79.9. The lowest BCUT2D eigenvalue weighted by Gasteiger charge is -2.22. The molecule has 20 heavy (non-hydrogen) atoms. The Morgan fingerprint density at radius 3 is 2.60 bits per heavy atom. The number of ether oxygens (including phenoxy) is 1. The molecule has 0 radical (unpaired) electrons. The number of rotatable bonds is 7. The molecular formula is C16H24BrNO2. The summed E-state index contributed by atoms with van der Waals surface area (Å²) in [5, 5.41) is 13.4. The van der Waals surface area contributed by atoms with Gasteiger partial charge in [0.1, 0.15) is 18.5 Å². The van der Waals surface area contributed by atoms with Crippen molar-refractivity contribution in [3.8, 4) is 5.75 Å². The number of benzene rings is 1. The summed E-state index contributed by atoms with van der Waals surface area (Å²) in [5.74, 6) is 1.56. The van der Waals surface area contributed by atoms with E-state index in [0.717, 1.165) is 16.1 Å². The first-order valence-electron chi connectivity index (χ1n) is 7.45. The number of hydrogen-bond donors (Lipinski definition) is 2. The van der Waals surface area contributed by atoms with Crippen LogP contribution in [0.5, 0.6) is 5.75 Å². The van der Waals surface area contributed by atoms with Gasteiger partial charge >= 0.3 is 0 Å². The predicted molar refractivity (Wildman–Crippen MR) is 85.1 cm³/mol. The average molecular weight is 342 g/mol. The molecular weight excluding hydrogens is 318 g/mol. The Hall–Kier alpha value is -0.580. The van der Waals surface area contributed by atoms with Crippen molar-refractivity contribution < 1.29 is 9.84 Å². The van der Waals surface area contributed by atoms with Crippen LogP contribution in [0, 0.1) is 5.92 Å². The van der Waals surface area contributed by atoms with Crippen molar-refractivity contribution in [1.29, 1.82) is 0 Å². The molecule has 1 aromatic carbocycles. The Kier molecular flexibility index (Phi) is 6.33. The van der Waals surface area contributed by atoms with Gasteiger partial charge in [0, 0.05) is 17.1 Å². The first kappa shape index (κ1) is 15.8. The zero-order valence-corrected chi connectivity index (χ0v) is 13.6. The topological polar surface area (TPSA) is 41.5 Å². The maximum atomic E-state index is 9.96. The second-order valence-electron chi connectivity index (χ2n) is 5.66. The van der Waals surface area contributed by atoms with Gasteiger partial charge in [-0.05, 0) is 49.9 Å². The van der Waals surface area contributed by atoms with Crippen molar-refractivity contribution in [3.05, 3.63) is 28.7 Å². The molecule has 2 N–H and O–H groups in total. The summed E-state index contributed by atoms with van der Waals surface area (Å²) in [6.45, 7) is 3.14. The quantitative estimate of drug-likeness (QED) is 0.798. The summed E-state index contributed by atoms with van der Waals surface area (Å²) >= 11 is 3.38. The van der Waals surface area contributed by atoms with Gasteiger partial charge in [-0.25, -0.2) is 0 Å². The molecule has 0 spiro atoms. The summed E-state index contributed by atoms with van der Waals surface area (Å²) in [5.41, 5.74) is 0. The lowest BCUT2D eigenvalue weighted by atomic mass is 10.00. The highest BCUT2D eigenvalue weighted by Gasteiger charge is 2.21. The molecule has 3 nitrogen and oxygen atoms in total. The van der Waals surface area contributed by atoms with Crippen molar-refractivity contribution >= 4 is 15.9 Å². The van der Waals surface area contributed by atoms with Gasteiger partial charge in [-0.1, -0.05) is 28.8 Å². The monoisotopic (exact) mass is 341 g/mol. The zero-order valence-electron chi connectivity index (χ0n) is 12.0. The number of halogens is 1. The molecule has 1 aromatic rings. The molecule has 112 valence electrons. The van der Waals surface area contributed by atoms with Crippen LogP contribution in [0.15, 0.2) is 28.7 Å². The summed E-state index contributed by atoms with van der Waals surface area (Å²) in [4.78, 5) is 0. The van der Waals surface area contributed by atoms with Gasteiger partial charge in [-0.2, -0.15) is 0 Å². The van der Waals surface area contributed by atoms with E-state index in [2.05, 4.69) is 28.2 Å². The van der Waals surface area contributed by atoms with Crippen molar-refractivity contribution in [3.63, 3.8) is 0 Å². The van der Waals surface area contributed by atoms with Crippen LogP contribution in [-0.2, 0) is 0 Å². The van der Waals surface area contributed by atoms with Crippen molar-refractivity contribution in [2.45, 2.75) is 44.8 Å². The maximum absolute atomic E-state index is 9.96. The van der Waals surface area contributed by atoms with Crippen LogP contribution in [0.25, 0.3) is 0 Å². The molecule has 0 bridgehead atoms. The van der Waals surface area contributed by atoms with Crippen molar-refractivity contribution in [1.82, 2.24) is 5.32 Å². The number of hydrogen-bond acceptors (Lipinski definition) is 3. The SMILES string of the molecule is CC(NCC(O)COc1ccc(Br)cc1)C1CCCC1. The minimum atomic E-state index is -0.470. The van der Waals surface area contributed by atoms with Crippen molar-refractivity contribution in [2.24, 2.45) is 5.92 Å². The molecule has 2 rings (SSSR count). The van der Waals surface area contributed by atoms with E-state index < -0.39 is 6.10 Å². The Balaban J connectivity index is 1.64. The lowest BCUT2D eigenvalue weighted by molar-refractivity contribution is 0.102. The first-order chi connectivity index (χ1) is 9.65. The third-order valence-electron chi connectivity index (χ3n) is 4.04. The fourth-order valence-electron chi connectivity index (χ4n) is 2.73. The van der Waals surface area contributed by atoms with E-state index in [1.54, 1.807) is 0 Å². The van der Waals surface area contributed by atoms with Crippen LogP contribution in [0.3, 0.4) is 0 Å². The minimum Gasteiger partial charge on any atom is -0.491 e. The van der Waals surface area contributed by atoms with Crippen molar-refractivity contribution in [2.75, 3.05) is 13.2 Å². The molecule has 0 heterocycles. The van der Waals surface area contributed by atoms with Crippen LogP contribution < -0.4 is 10.1 Å². The van der Waals surface area contributed by atoms with Gasteiger partial charge < -0.3 is 15.2 Å². The Morgan fingerprint density at radius 1 is 1.30 bits per heavy atom. The number of aliphatic hydroxyl groups is 1. The number of nitrogens with one attached hydrogen (secondary N) is 1. The van der Waals surface area contributed by atoms with E-state index in [9.17, 15) is 5.11 Å². The summed E-state index contributed by atoms with van der Waals surface area (Å²) in [7, 11) is 0. The summed E-state index contributed by atoms with van der Waals surface area (Å²) < 4.78 is 6.60. The lowest BCUT2D eigenvalue weighted by Crippen LogP contribution is -2.39. The Bertz CT molecular complexity index is 390. The van der Waals surface area contributed by atoms with Crippen LogP contribution in [0.2, 0.25) is 0 Å². The molecule has 0 aromatic heterocycles. The zero-order chi connectivity index (χ0) is 14.4. The minimum absolute atomic E-state index is 0.325. The molecule has 4 heteroatoms. The largest absolute Gasteiger partial charge is 0.491 e. The van der Waals surface area contributed by atoms with E-state index in [4.69, 9.17) is 4.74 Å². The predicted octanol–water partition coefficient (Wildman–Crippen LogP) is 3.36. The molecule has 1 aliphatic carbocycles. The first-order valence-corrected chi connectivity index (χ1v) is 8.24. The molecule has 1 fully saturated rings. The van der Waals surface area contributed by atoms with E-state index in [0.29, 0.717) is 19.2 Å². The normalized spacial score (nSPS) is 18.9. The van der Waals surface area contributed by atoms with Crippen LogP contribution in [-0.4, -0.2) is 30.4 Å². The standard InChI is InChI=1S/C16H24BrNO2/c1-12(13-4-2-3-5-13)18-10-15(19)11-20-16-8-6-14(17)7-9-16/h6-9,12-13,15,18-19H,2-5,10-11H2,1H3. The van der Waals surface area contributed by atoms with E-state index in [1.807, 2.05) is 24.3 Å². The highest BCUT2D eigenvalue weighted by Crippen LogP contribution is 2.27. The summed E-state index contributed by atoms with van der Waals surface area (Å²) in [6.07, 6.45) is 4.87. The van der Waals surface area contributed by atoms with Gasteiger partial charge in [-0.15, -0.1) is 0 Å². The van der Waals surface area contributed by atoms with E-state index in [-0.39, 0.29) is 0 Å². The molecule has 2 atom stereocenters. The van der Waals surface area contributed by atoms with E-state index in [1.165, 1.54) is 25.7 Å². The van der Waals surface area contributed by atoms with Gasteiger partial charge in [0.15, 0.2) is 0 Å². The molecule has 0 aliphatic heterocycles.